The average Bonchev–Trinajstić information content (AvgIpc) is 3.35. The van der Waals surface area contributed by atoms with E-state index in [0.717, 1.165) is 25.7 Å². The molecule has 0 aromatic heterocycles. The highest BCUT2D eigenvalue weighted by Gasteiger charge is 2.17. The number of hydrogen-bond donors (Lipinski definition) is 0. The van der Waals surface area contributed by atoms with Crippen LogP contribution in [0.4, 0.5) is 0 Å². The molecule has 0 spiro atoms. The van der Waals surface area contributed by atoms with E-state index in [4.69, 9.17) is 33.2 Å². The van der Waals surface area contributed by atoms with Crippen molar-refractivity contribution < 1.29 is 57.1 Å². The molecule has 0 N–H and O–H groups in total. The molecule has 0 bridgehead atoms. The third-order valence-corrected chi connectivity index (χ3v) is 10.6. The van der Waals surface area contributed by atoms with Gasteiger partial charge in [0.25, 0.3) is 0 Å². The van der Waals surface area contributed by atoms with Gasteiger partial charge in [0, 0.05) is 6.07 Å². The highest BCUT2D eigenvalue weighted by Crippen LogP contribution is 2.25. The smallest absolute Gasteiger partial charge is 0.343 e. The summed E-state index contributed by atoms with van der Waals surface area (Å²) >= 11 is 0. The van der Waals surface area contributed by atoms with E-state index in [-0.39, 0.29) is 51.5 Å². The SMILES string of the molecule is CCCCCCCOc1ccc(C(=O)Oc2ccc(C(=O)Oc3cccc(OC(=O)c4ccc(OC(=O)c5ccc(OC(=O)c6ccc(O[C@@H](C)CCCCCC)cc6)cc5)cc4)c3)cc2)cc1. The highest BCUT2D eigenvalue weighted by atomic mass is 16.6. The Kier molecular flexibility index (Phi) is 18.9. The van der Waals surface area contributed by atoms with Crippen molar-refractivity contribution in [2.75, 3.05) is 6.61 Å². The summed E-state index contributed by atoms with van der Waals surface area (Å²) in [5.74, 6) is -0.870. The molecule has 0 saturated heterocycles. The number of carbonyl (C=O) groups excluding carboxylic acids is 5. The lowest BCUT2D eigenvalue weighted by molar-refractivity contribution is 0.0718. The average molecular weight is 921 g/mol. The lowest BCUT2D eigenvalue weighted by Gasteiger charge is -2.14. The Bertz CT molecular complexity index is 2570. The Morgan fingerprint density at radius 3 is 1.07 bits per heavy atom. The second kappa shape index (κ2) is 25.8. The van der Waals surface area contributed by atoms with Gasteiger partial charge in [0.2, 0.25) is 0 Å². The molecule has 1 atom stereocenters. The summed E-state index contributed by atoms with van der Waals surface area (Å²) in [6, 6.07) is 37.2. The van der Waals surface area contributed by atoms with Crippen LogP contribution in [-0.2, 0) is 0 Å². The number of unbranched alkanes of at least 4 members (excludes halogenated alkanes) is 7. The summed E-state index contributed by atoms with van der Waals surface area (Å²) in [7, 11) is 0. The second-order valence-electron chi connectivity index (χ2n) is 16.1. The van der Waals surface area contributed by atoms with Gasteiger partial charge < -0.3 is 33.2 Å². The third kappa shape index (κ3) is 15.7. The van der Waals surface area contributed by atoms with E-state index in [1.54, 1.807) is 54.6 Å². The minimum atomic E-state index is -0.703. The largest absolute Gasteiger partial charge is 0.494 e. The first-order valence-electron chi connectivity index (χ1n) is 23.1. The van der Waals surface area contributed by atoms with Crippen LogP contribution in [-0.4, -0.2) is 42.6 Å². The monoisotopic (exact) mass is 920 g/mol. The maximum atomic E-state index is 13.0. The van der Waals surface area contributed by atoms with Crippen LogP contribution in [0.3, 0.4) is 0 Å². The highest BCUT2D eigenvalue weighted by molar-refractivity contribution is 5.95. The summed E-state index contributed by atoms with van der Waals surface area (Å²) in [5, 5.41) is 0. The Hall–Kier alpha value is -7.73. The van der Waals surface area contributed by atoms with E-state index in [1.165, 1.54) is 130 Å². The second-order valence-corrected chi connectivity index (χ2v) is 16.1. The molecule has 68 heavy (non-hydrogen) atoms. The third-order valence-electron chi connectivity index (χ3n) is 10.6. The van der Waals surface area contributed by atoms with Crippen LogP contribution in [0.5, 0.6) is 40.2 Å². The van der Waals surface area contributed by atoms with Crippen molar-refractivity contribution in [1.29, 1.82) is 0 Å². The molecule has 0 aliphatic heterocycles. The van der Waals surface area contributed by atoms with Crippen LogP contribution in [0, 0.1) is 0 Å². The lowest BCUT2D eigenvalue weighted by atomic mass is 10.1. The number of benzene rings is 6. The van der Waals surface area contributed by atoms with Crippen LogP contribution >= 0.6 is 0 Å². The number of esters is 5. The van der Waals surface area contributed by atoms with E-state index in [2.05, 4.69) is 13.8 Å². The first kappa shape index (κ1) is 49.7. The number of rotatable bonds is 24. The molecule has 12 heteroatoms. The van der Waals surface area contributed by atoms with Gasteiger partial charge in [0.15, 0.2) is 0 Å². The fraction of sp³-hybridized carbons (Fsp3) is 0.268. The van der Waals surface area contributed by atoms with Gasteiger partial charge in [-0.15, -0.1) is 0 Å². The summed E-state index contributed by atoms with van der Waals surface area (Å²) in [6.07, 6.45) is 11.5. The van der Waals surface area contributed by atoms with Gasteiger partial charge in [-0.2, -0.15) is 0 Å². The van der Waals surface area contributed by atoms with E-state index >= 15 is 0 Å². The van der Waals surface area contributed by atoms with Crippen LogP contribution in [0.2, 0.25) is 0 Å². The topological polar surface area (TPSA) is 150 Å². The summed E-state index contributed by atoms with van der Waals surface area (Å²) < 4.78 is 39.2. The van der Waals surface area contributed by atoms with Crippen LogP contribution in [0.1, 0.15) is 137 Å². The number of carbonyl (C=O) groups is 5. The number of ether oxygens (including phenoxy) is 7. The molecule has 0 amide bonds. The van der Waals surface area contributed by atoms with Crippen molar-refractivity contribution in [2.45, 2.75) is 91.1 Å². The van der Waals surface area contributed by atoms with Gasteiger partial charge in [-0.05, 0) is 160 Å². The summed E-state index contributed by atoms with van der Waals surface area (Å²) in [6.45, 7) is 7.02. The summed E-state index contributed by atoms with van der Waals surface area (Å²) in [5.41, 5.74) is 1.29. The maximum absolute atomic E-state index is 13.0. The minimum Gasteiger partial charge on any atom is -0.494 e. The van der Waals surface area contributed by atoms with Crippen molar-refractivity contribution >= 4 is 29.8 Å². The molecule has 0 saturated carbocycles. The molecule has 352 valence electrons. The molecule has 0 aliphatic carbocycles. The Labute approximate surface area is 397 Å². The molecule has 6 aromatic rings. The van der Waals surface area contributed by atoms with Crippen LogP contribution < -0.4 is 33.2 Å². The normalized spacial score (nSPS) is 11.2. The predicted octanol–water partition coefficient (Wildman–Crippen LogP) is 12.9. The van der Waals surface area contributed by atoms with Gasteiger partial charge in [-0.1, -0.05) is 64.9 Å². The predicted molar refractivity (Wildman–Crippen MR) is 257 cm³/mol. The molecular weight excluding hydrogens is 865 g/mol. The van der Waals surface area contributed by atoms with Crippen LogP contribution in [0.15, 0.2) is 146 Å². The molecule has 0 aliphatic rings. The summed E-state index contributed by atoms with van der Waals surface area (Å²) in [4.78, 5) is 64.3. The molecule has 0 unspecified atom stereocenters. The molecule has 0 radical (unpaired) electrons. The fourth-order valence-corrected chi connectivity index (χ4v) is 6.81. The van der Waals surface area contributed by atoms with E-state index < -0.39 is 29.8 Å². The van der Waals surface area contributed by atoms with Crippen molar-refractivity contribution in [3.63, 3.8) is 0 Å². The fourth-order valence-electron chi connectivity index (χ4n) is 6.81. The minimum absolute atomic E-state index is 0.0742. The Balaban J connectivity index is 0.920. The zero-order valence-electron chi connectivity index (χ0n) is 38.6. The molecular formula is C56H56O12. The van der Waals surface area contributed by atoms with Gasteiger partial charge in [-0.25, -0.2) is 24.0 Å². The maximum Gasteiger partial charge on any atom is 0.343 e. The Morgan fingerprint density at radius 1 is 0.368 bits per heavy atom. The van der Waals surface area contributed by atoms with E-state index in [1.807, 2.05) is 6.92 Å². The van der Waals surface area contributed by atoms with Crippen molar-refractivity contribution in [3.05, 3.63) is 173 Å². The van der Waals surface area contributed by atoms with Gasteiger partial charge >= 0.3 is 29.8 Å². The first-order valence-corrected chi connectivity index (χ1v) is 23.1. The quantitative estimate of drug-likeness (QED) is 0.0323. The lowest BCUT2D eigenvalue weighted by Crippen LogP contribution is -2.12. The first-order chi connectivity index (χ1) is 33.1. The molecule has 12 nitrogen and oxygen atoms in total. The zero-order valence-corrected chi connectivity index (χ0v) is 38.6. The standard InChI is InChI=1S/C56H56O12/c1-4-6-8-10-12-37-62-45-27-17-40(18-28-45)52(57)64-48-33-23-43(24-34-48)55(60)67-50-15-13-16-51(38-50)68-56(61)44-25-35-49(36-26-44)66-54(59)42-21-31-47(32-22-42)65-53(58)41-19-29-46(30-20-41)63-39(3)14-11-9-7-5-2/h13,15-36,38-39H,4-12,14,37H2,1-3H3/t39-/m0/s1. The van der Waals surface area contributed by atoms with Crippen LogP contribution in [0.25, 0.3) is 0 Å². The zero-order chi connectivity index (χ0) is 48.1. The van der Waals surface area contributed by atoms with Crippen molar-refractivity contribution in [3.8, 4) is 40.2 Å². The van der Waals surface area contributed by atoms with E-state index in [0.29, 0.717) is 29.2 Å². The van der Waals surface area contributed by atoms with Gasteiger partial charge in [0.1, 0.15) is 40.2 Å². The van der Waals surface area contributed by atoms with Gasteiger partial charge in [0.05, 0.1) is 40.5 Å². The number of hydrogen-bond acceptors (Lipinski definition) is 12. The van der Waals surface area contributed by atoms with Crippen molar-refractivity contribution in [1.82, 2.24) is 0 Å². The molecule has 0 heterocycles. The van der Waals surface area contributed by atoms with E-state index in [9.17, 15) is 24.0 Å². The molecule has 6 rings (SSSR count). The van der Waals surface area contributed by atoms with Gasteiger partial charge in [-0.3, -0.25) is 0 Å². The molecule has 0 fully saturated rings. The van der Waals surface area contributed by atoms with Crippen molar-refractivity contribution in [2.24, 2.45) is 0 Å². The molecule has 6 aromatic carbocycles. The Morgan fingerprint density at radius 2 is 0.691 bits per heavy atom.